The van der Waals surface area contributed by atoms with E-state index in [1.807, 2.05) is 34.3 Å². The van der Waals surface area contributed by atoms with Crippen LogP contribution in [0.1, 0.15) is 61.1 Å². The average molecular weight is 632 g/mol. The molecule has 6 heterocycles. The van der Waals surface area contributed by atoms with E-state index in [9.17, 15) is 14.9 Å². The van der Waals surface area contributed by atoms with Gasteiger partial charge in [-0.25, -0.2) is 4.98 Å². The van der Waals surface area contributed by atoms with Crippen molar-refractivity contribution in [2.75, 3.05) is 29.0 Å². The number of anilines is 3. The van der Waals surface area contributed by atoms with Gasteiger partial charge in [-0.2, -0.15) is 5.26 Å². The topological polar surface area (TPSA) is 159 Å². The van der Waals surface area contributed by atoms with Crippen molar-refractivity contribution in [3.05, 3.63) is 79.5 Å². The summed E-state index contributed by atoms with van der Waals surface area (Å²) in [5, 5.41) is 16.9. The Kier molecular flexibility index (Phi) is 6.06. The summed E-state index contributed by atoms with van der Waals surface area (Å²) in [6.07, 6.45) is 11.0. The van der Waals surface area contributed by atoms with Gasteiger partial charge in [-0.3, -0.25) is 19.6 Å². The van der Waals surface area contributed by atoms with Crippen LogP contribution in [0.3, 0.4) is 0 Å². The summed E-state index contributed by atoms with van der Waals surface area (Å²) in [5.41, 5.74) is 10.4. The van der Waals surface area contributed by atoms with Crippen molar-refractivity contribution in [2.24, 2.45) is 17.8 Å². The van der Waals surface area contributed by atoms with Gasteiger partial charge in [-0.05, 0) is 80.5 Å². The van der Waals surface area contributed by atoms with Crippen LogP contribution in [0.5, 0.6) is 0 Å². The highest BCUT2D eigenvalue weighted by Crippen LogP contribution is 2.61. The number of H-pyrrole nitrogens is 1. The van der Waals surface area contributed by atoms with Gasteiger partial charge in [0.2, 0.25) is 0 Å². The lowest BCUT2D eigenvalue weighted by atomic mass is 9.50. The molecule has 12 heteroatoms. The van der Waals surface area contributed by atoms with Gasteiger partial charge in [-0.15, -0.1) is 11.3 Å². The molecule has 11 nitrogen and oxygen atoms in total. The highest BCUT2D eigenvalue weighted by atomic mass is 32.1. The third-order valence-electron chi connectivity index (χ3n) is 11.1. The highest BCUT2D eigenvalue weighted by Gasteiger charge is 2.57. The number of nitrogen functional groups attached to an aromatic ring is 1. The maximum Gasteiger partial charge on any atom is 0.276 e. The van der Waals surface area contributed by atoms with Crippen molar-refractivity contribution in [2.45, 2.75) is 56.0 Å². The largest absolute Gasteiger partial charge is 0.392 e. The molecule has 0 radical (unpaired) electrons. The van der Waals surface area contributed by atoms with Crippen molar-refractivity contribution in [1.29, 1.82) is 5.26 Å². The van der Waals surface area contributed by atoms with Crippen molar-refractivity contribution in [1.82, 2.24) is 24.5 Å². The summed E-state index contributed by atoms with van der Waals surface area (Å²) >= 11 is 1.67. The van der Waals surface area contributed by atoms with Crippen LogP contribution >= 0.6 is 11.3 Å². The van der Waals surface area contributed by atoms with E-state index >= 15 is 0 Å². The fourth-order valence-electron chi connectivity index (χ4n) is 9.65. The van der Waals surface area contributed by atoms with E-state index < -0.39 is 5.56 Å². The van der Waals surface area contributed by atoms with Crippen LogP contribution in [0.15, 0.2) is 57.8 Å². The molecule has 4 bridgehead atoms. The Morgan fingerprint density at radius 2 is 1.83 bits per heavy atom. The maximum atomic E-state index is 14.4. The van der Waals surface area contributed by atoms with Crippen molar-refractivity contribution >= 4 is 50.5 Å². The molecule has 3 unspecified atom stereocenters. The molecule has 46 heavy (non-hydrogen) atoms. The lowest BCUT2D eigenvalue weighted by Crippen LogP contribution is -2.59. The van der Waals surface area contributed by atoms with E-state index in [2.05, 4.69) is 31.2 Å². The molecule has 3 atom stereocenters. The van der Waals surface area contributed by atoms with Gasteiger partial charge in [0, 0.05) is 54.6 Å². The lowest BCUT2D eigenvalue weighted by molar-refractivity contribution is -0.0354. The number of thiazole rings is 1. The van der Waals surface area contributed by atoms with E-state index in [1.54, 1.807) is 29.8 Å². The molecule has 4 aliphatic carbocycles. The van der Waals surface area contributed by atoms with Crippen molar-refractivity contribution in [3.8, 4) is 6.07 Å². The minimum atomic E-state index is -0.412. The second-order valence-corrected chi connectivity index (χ2v) is 14.6. The van der Waals surface area contributed by atoms with Gasteiger partial charge >= 0.3 is 0 Å². The first-order chi connectivity index (χ1) is 22.4. The lowest BCUT2D eigenvalue weighted by Gasteiger charge is -2.60. The van der Waals surface area contributed by atoms with Crippen molar-refractivity contribution < 1.29 is 0 Å². The van der Waals surface area contributed by atoms with Crippen LogP contribution in [-0.2, 0) is 0 Å². The smallest absolute Gasteiger partial charge is 0.276 e. The molecular formula is C34H33N9O2S. The minimum absolute atomic E-state index is 0.00634. The summed E-state index contributed by atoms with van der Waals surface area (Å²) in [7, 11) is 0. The summed E-state index contributed by atoms with van der Waals surface area (Å²) in [6, 6.07) is 9.64. The molecule has 4 saturated carbocycles. The zero-order valence-electron chi connectivity index (χ0n) is 25.1. The molecule has 0 spiro atoms. The SMILES string of the molecule is N#Cc1c(NC23CC4CC(C2)C(n2c(=O)c(N)c(N5CCC(c6nccs6)C5)c5ncccc52)C(C4)C3)c2ncccc2[nH]c1=O. The first-order valence-electron chi connectivity index (χ1n) is 16.1. The Bertz CT molecular complexity index is 2170. The predicted molar refractivity (Wildman–Crippen MR) is 178 cm³/mol. The van der Waals surface area contributed by atoms with Gasteiger partial charge in [0.25, 0.3) is 11.1 Å². The van der Waals surface area contributed by atoms with Crippen LogP contribution < -0.4 is 27.1 Å². The number of pyridine rings is 4. The van der Waals surface area contributed by atoms with Gasteiger partial charge in [0.1, 0.15) is 28.4 Å². The van der Waals surface area contributed by atoms with Crippen LogP contribution in [0.4, 0.5) is 17.1 Å². The molecule has 0 amide bonds. The molecule has 5 aromatic rings. The number of fused-ring (bicyclic) bond motifs is 2. The summed E-state index contributed by atoms with van der Waals surface area (Å²) in [4.78, 5) is 46.3. The average Bonchev–Trinajstić information content (AvgIpc) is 3.75. The van der Waals surface area contributed by atoms with Crippen molar-refractivity contribution in [3.63, 3.8) is 0 Å². The summed E-state index contributed by atoms with van der Waals surface area (Å²) < 4.78 is 1.97. The maximum absolute atomic E-state index is 14.4. The molecule has 4 N–H and O–H groups in total. The van der Waals surface area contributed by atoms with Crippen LogP contribution in [0, 0.1) is 29.1 Å². The molecule has 5 aromatic heterocycles. The van der Waals surface area contributed by atoms with E-state index in [0.29, 0.717) is 28.6 Å². The van der Waals surface area contributed by atoms with Gasteiger partial charge in [-0.1, -0.05) is 0 Å². The molecule has 232 valence electrons. The molecule has 1 saturated heterocycles. The summed E-state index contributed by atoms with van der Waals surface area (Å²) in [6.45, 7) is 1.55. The van der Waals surface area contributed by atoms with E-state index in [1.165, 1.54) is 0 Å². The first kappa shape index (κ1) is 27.5. The normalized spacial score (nSPS) is 28.2. The number of nitrogens with two attached hydrogens (primary N) is 1. The number of hydrogen-bond acceptors (Lipinski definition) is 10. The number of hydrogen-bond donors (Lipinski definition) is 3. The number of aromatic nitrogens is 5. The number of nitrogens with one attached hydrogen (secondary N) is 2. The zero-order valence-corrected chi connectivity index (χ0v) is 26.0. The number of nitriles is 1. The molecular weight excluding hydrogens is 599 g/mol. The second-order valence-electron chi connectivity index (χ2n) is 13.7. The molecule has 5 fully saturated rings. The summed E-state index contributed by atoms with van der Waals surface area (Å²) in [5.74, 6) is 1.27. The molecule has 5 aliphatic rings. The highest BCUT2D eigenvalue weighted by molar-refractivity contribution is 7.09. The van der Waals surface area contributed by atoms with Gasteiger partial charge in [0.15, 0.2) is 0 Å². The molecule has 10 rings (SSSR count). The Morgan fingerprint density at radius 1 is 1.04 bits per heavy atom. The van der Waals surface area contributed by atoms with Gasteiger partial charge < -0.3 is 25.5 Å². The fourth-order valence-corrected chi connectivity index (χ4v) is 10.4. The Balaban J connectivity index is 1.10. The second kappa shape index (κ2) is 10.1. The number of nitrogens with zero attached hydrogens (tertiary/aromatic N) is 6. The number of rotatable bonds is 5. The van der Waals surface area contributed by atoms with Crippen LogP contribution in [0.2, 0.25) is 0 Å². The quantitative estimate of drug-likeness (QED) is 0.248. The standard InChI is InChI=1S/C34H33N9O2S/c35-16-22-26(27-23(40-31(22)44)3-1-6-37-27)41-34-13-18-11-20(14-34)29(21(12-18)15-34)43-24-4-2-7-38-28(24)30(25(36)33(43)45)42-9-5-19(17-42)32-39-8-10-46-32/h1-4,6-8,10,18-21,29H,5,9,11-15,17,36H2,(H2,40,41,44). The van der Waals surface area contributed by atoms with Gasteiger partial charge in [0.05, 0.1) is 27.4 Å². The predicted octanol–water partition coefficient (Wildman–Crippen LogP) is 4.77. The number of aromatic amines is 1. The Hall–Kier alpha value is -4.76. The molecule has 1 aliphatic heterocycles. The van der Waals surface area contributed by atoms with Crippen LogP contribution in [0.25, 0.3) is 22.1 Å². The monoisotopic (exact) mass is 631 g/mol. The van der Waals surface area contributed by atoms with E-state index in [-0.39, 0.29) is 40.2 Å². The van der Waals surface area contributed by atoms with E-state index in [0.717, 1.165) is 73.3 Å². The Labute approximate surface area is 268 Å². The third-order valence-corrected chi connectivity index (χ3v) is 12.0. The zero-order chi connectivity index (χ0) is 31.2. The minimum Gasteiger partial charge on any atom is -0.392 e. The third kappa shape index (κ3) is 4.04. The Morgan fingerprint density at radius 3 is 2.59 bits per heavy atom. The molecule has 0 aromatic carbocycles. The first-order valence-corrected chi connectivity index (χ1v) is 16.9. The fraction of sp³-hybridized carbons (Fsp3) is 0.412. The van der Waals surface area contributed by atoms with E-state index in [4.69, 9.17) is 10.7 Å². The van der Waals surface area contributed by atoms with Crippen LogP contribution in [-0.4, -0.2) is 43.1 Å².